The second-order valence-corrected chi connectivity index (χ2v) is 0.671. The van der Waals surface area contributed by atoms with Gasteiger partial charge in [-0.15, -0.1) is 12.4 Å². The maximum atomic E-state index is 8.25. The van der Waals surface area contributed by atoms with Gasteiger partial charge in [0, 0.05) is 0 Å². The molecule has 14 heavy (non-hydrogen) atoms. The first-order valence-electron chi connectivity index (χ1n) is 1.64. The van der Waals surface area contributed by atoms with Gasteiger partial charge in [-0.05, 0) is 0 Å². The van der Waals surface area contributed by atoms with Crippen molar-refractivity contribution < 1.29 is 15.3 Å². The fourth-order valence-corrected chi connectivity index (χ4v) is 0. The van der Waals surface area contributed by atoms with E-state index in [0.29, 0.717) is 0 Å². The van der Waals surface area contributed by atoms with Crippen molar-refractivity contribution in [2.24, 2.45) is 0 Å². The molecule has 0 saturated heterocycles. The average molecular weight is 347 g/mol. The van der Waals surface area contributed by atoms with Crippen LogP contribution in [0.25, 0.3) is 0 Å². The molecule has 0 aliphatic rings. The molecule has 0 aromatic carbocycles. The summed E-state index contributed by atoms with van der Waals surface area (Å²) in [5.41, 5.74) is 0. The third-order valence-electron chi connectivity index (χ3n) is 0. The van der Waals surface area contributed by atoms with Gasteiger partial charge in [-0.3, -0.25) is 0 Å². The fraction of sp³-hybridized carbons (Fsp3) is 0. The van der Waals surface area contributed by atoms with Gasteiger partial charge in [-0.2, -0.15) is 0 Å². The molecule has 0 radical (unpaired) electrons. The van der Waals surface area contributed by atoms with Gasteiger partial charge in [0.25, 0.3) is 0 Å². The van der Waals surface area contributed by atoms with Crippen LogP contribution in [0.1, 0.15) is 0 Å². The summed E-state index contributed by atoms with van der Waals surface area (Å²) >= 11 is 0. The minimum atomic E-state index is -1.75. The second kappa shape index (κ2) is 22.6. The summed E-state index contributed by atoms with van der Waals surface area (Å²) in [6.45, 7) is 0. The molecule has 0 heterocycles. The van der Waals surface area contributed by atoms with E-state index in [1.54, 1.807) is 0 Å². The van der Waals surface area contributed by atoms with Crippen molar-refractivity contribution in [3.05, 3.63) is 46.0 Å². The molecule has 0 unspecified atom stereocenters. The van der Waals surface area contributed by atoms with Gasteiger partial charge >= 0.3 is 24.4 Å². The summed E-state index contributed by atoms with van der Waals surface area (Å²) in [5, 5.41) is 44.2. The van der Waals surface area contributed by atoms with Gasteiger partial charge in [0.05, 0.1) is 15.3 Å². The van der Waals surface area contributed by atoms with Gasteiger partial charge in [0.1, 0.15) is 0 Å². The zero-order valence-corrected chi connectivity index (χ0v) is 11.0. The number of halogens is 1. The van der Waals surface area contributed by atoms with Crippen molar-refractivity contribution in [2.45, 2.75) is 0 Å². The molecule has 12 nitrogen and oxygen atoms in total. The molecular formula is H4ClN3O9Sb-3. The molecule has 0 atom stereocenters. The number of hydrogen-bond donors (Lipinski definition) is 0. The molecule has 88 valence electrons. The third kappa shape index (κ3) is 605. The molecule has 0 N–H and O–H groups in total. The molecular weight excluding hydrogens is 343 g/mol. The van der Waals surface area contributed by atoms with Crippen LogP contribution in [0.2, 0.25) is 0 Å². The molecule has 0 saturated carbocycles. The van der Waals surface area contributed by atoms with Crippen molar-refractivity contribution >= 4 is 36.8 Å². The van der Waals surface area contributed by atoms with Crippen LogP contribution in [0.15, 0.2) is 0 Å². The normalized spacial score (nSPS) is 5.14. The molecule has 0 bridgehead atoms. The third-order valence-corrected chi connectivity index (χ3v) is 0. The summed E-state index contributed by atoms with van der Waals surface area (Å²) in [7, 11) is 0. The molecule has 0 aromatic rings. The van der Waals surface area contributed by atoms with Crippen LogP contribution in [0, 0.1) is 46.0 Å². The topological polar surface area (TPSA) is 199 Å². The Hall–Kier alpha value is -1.29. The number of rotatable bonds is 0. The molecule has 0 fully saturated rings. The first kappa shape index (κ1) is 29.3. The van der Waals surface area contributed by atoms with Crippen molar-refractivity contribution in [2.75, 3.05) is 0 Å². The van der Waals surface area contributed by atoms with Crippen LogP contribution >= 0.6 is 12.4 Å². The van der Waals surface area contributed by atoms with E-state index in [2.05, 4.69) is 0 Å². The van der Waals surface area contributed by atoms with Crippen LogP contribution in [0.5, 0.6) is 0 Å². The van der Waals surface area contributed by atoms with Gasteiger partial charge in [0.15, 0.2) is 0 Å². The maximum absolute atomic E-state index is 8.25. The van der Waals surface area contributed by atoms with E-state index in [0.717, 1.165) is 0 Å². The average Bonchev–Trinajstić information content (AvgIpc) is 1.54. The van der Waals surface area contributed by atoms with Crippen LogP contribution in [0.4, 0.5) is 0 Å². The molecule has 0 amide bonds. The van der Waals surface area contributed by atoms with E-state index in [1.807, 2.05) is 0 Å². The van der Waals surface area contributed by atoms with Crippen LogP contribution in [0.3, 0.4) is 0 Å². The first-order valence-corrected chi connectivity index (χ1v) is 1.64. The predicted octanol–water partition coefficient (Wildman–Crippen LogP) is -1.48. The zero-order valence-electron chi connectivity index (χ0n) is 6.13. The van der Waals surface area contributed by atoms with Gasteiger partial charge < -0.3 is 46.0 Å². The molecule has 0 aromatic heterocycles. The van der Waals surface area contributed by atoms with Crippen molar-refractivity contribution in [1.29, 1.82) is 0 Å². The monoisotopic (exact) mass is 346 g/mol. The summed E-state index contributed by atoms with van der Waals surface area (Å²) in [5.74, 6) is 0. The van der Waals surface area contributed by atoms with Crippen molar-refractivity contribution in [3.8, 4) is 0 Å². The Labute approximate surface area is 98.3 Å². The van der Waals surface area contributed by atoms with Crippen molar-refractivity contribution in [1.82, 2.24) is 0 Å². The molecule has 0 aliphatic carbocycles. The van der Waals surface area contributed by atoms with E-state index in [9.17, 15) is 0 Å². The summed E-state index contributed by atoms with van der Waals surface area (Å²) in [4.78, 5) is 24.8. The van der Waals surface area contributed by atoms with E-state index >= 15 is 0 Å². The number of nitrogens with zero attached hydrogens (tertiary/aromatic N) is 3. The summed E-state index contributed by atoms with van der Waals surface area (Å²) in [6.07, 6.45) is 0. The Morgan fingerprint density at radius 3 is 0.571 bits per heavy atom. The molecule has 14 heteroatoms. The van der Waals surface area contributed by atoms with Crippen LogP contribution in [-0.2, 0) is 0 Å². The van der Waals surface area contributed by atoms with Gasteiger partial charge in [0.2, 0.25) is 0 Å². The quantitative estimate of drug-likeness (QED) is 0.284. The minimum absolute atomic E-state index is 0. The van der Waals surface area contributed by atoms with Crippen LogP contribution < -0.4 is 0 Å². The van der Waals surface area contributed by atoms with E-state index in [1.165, 1.54) is 0 Å². The van der Waals surface area contributed by atoms with E-state index < -0.39 is 15.3 Å². The Kier molecular flexibility index (Phi) is 47.3. The van der Waals surface area contributed by atoms with E-state index in [-0.39, 0.29) is 36.8 Å². The fourth-order valence-electron chi connectivity index (χ4n) is 0. The van der Waals surface area contributed by atoms with Crippen molar-refractivity contribution in [3.63, 3.8) is 0 Å². The summed E-state index contributed by atoms with van der Waals surface area (Å²) < 4.78 is 0. The Morgan fingerprint density at radius 2 is 0.571 bits per heavy atom. The molecule has 0 aliphatic heterocycles. The Morgan fingerprint density at radius 1 is 0.571 bits per heavy atom. The first-order chi connectivity index (χ1) is 5.20. The Balaban J connectivity index is -0.0000000270. The Bertz CT molecular complexity index is 118. The number of hydrogen-bond acceptors (Lipinski definition) is 9. The van der Waals surface area contributed by atoms with Crippen LogP contribution in [-0.4, -0.2) is 39.7 Å². The molecule has 0 spiro atoms. The van der Waals surface area contributed by atoms with Gasteiger partial charge in [-0.1, -0.05) is 0 Å². The van der Waals surface area contributed by atoms with Gasteiger partial charge in [-0.25, -0.2) is 0 Å². The summed E-state index contributed by atoms with van der Waals surface area (Å²) in [6, 6.07) is 0. The SMILES string of the molecule is Cl.O=[N+]([O-])[O-].O=[N+]([O-])[O-].O=[N+]([O-])[O-].[SbH3]. The standard InChI is InChI=1S/ClH.3NO3.Sb.3H/c;3*2-1(3)4;;;;/h1H;;;;;;;/q;3*-1;;;;. The van der Waals surface area contributed by atoms with E-state index in [4.69, 9.17) is 46.0 Å². The second-order valence-electron chi connectivity index (χ2n) is 0.671. The molecule has 0 rings (SSSR count). The zero-order chi connectivity index (χ0) is 10.7. The predicted molar refractivity (Wildman–Crippen MR) is 48.3 cm³/mol.